The fraction of sp³-hybridized carbons (Fsp3) is 0.600. The molecule has 17 heavy (non-hydrogen) atoms. The number of aliphatic carboxylic acids is 1. The van der Waals surface area contributed by atoms with Crippen LogP contribution in [0.4, 0.5) is 0 Å². The minimum Gasteiger partial charge on any atom is -0.480 e. The summed E-state index contributed by atoms with van der Waals surface area (Å²) in [6, 6.07) is -0.956. The van der Waals surface area contributed by atoms with Crippen LogP contribution in [0.15, 0.2) is 5.10 Å². The highest BCUT2D eigenvalue weighted by atomic mass is 16.4. The van der Waals surface area contributed by atoms with Crippen LogP contribution in [0.1, 0.15) is 26.7 Å². The predicted molar refractivity (Wildman–Crippen MR) is 59.2 cm³/mol. The maximum absolute atomic E-state index is 11.7. The summed E-state index contributed by atoms with van der Waals surface area (Å²) in [7, 11) is 0. The molecule has 0 aromatic carbocycles. The molecule has 3 N–H and O–H groups in total. The third-order valence-electron chi connectivity index (χ3n) is 2.39. The molecule has 0 spiro atoms. The number of carbonyl (C=O) groups excluding carboxylic acids is 2. The number of rotatable bonds is 4. The van der Waals surface area contributed by atoms with Gasteiger partial charge in [0.1, 0.15) is 11.8 Å². The molecule has 94 valence electrons. The van der Waals surface area contributed by atoms with E-state index in [9.17, 15) is 14.4 Å². The minimum atomic E-state index is -1.09. The molecule has 0 bridgehead atoms. The first-order valence-electron chi connectivity index (χ1n) is 5.31. The second kappa shape index (κ2) is 5.42. The second-order valence-electron chi connectivity index (χ2n) is 4.13. The summed E-state index contributed by atoms with van der Waals surface area (Å²) in [5.74, 6) is -2.12. The maximum atomic E-state index is 11.7. The molecule has 0 radical (unpaired) electrons. The number of amides is 2. The van der Waals surface area contributed by atoms with E-state index in [0.717, 1.165) is 0 Å². The van der Waals surface area contributed by atoms with Gasteiger partial charge in [0.25, 0.3) is 5.91 Å². The Labute approximate surface area is 98.3 Å². The summed E-state index contributed by atoms with van der Waals surface area (Å²) in [5, 5.41) is 14.9. The zero-order valence-electron chi connectivity index (χ0n) is 9.69. The van der Waals surface area contributed by atoms with E-state index in [4.69, 9.17) is 5.11 Å². The predicted octanol–water partition coefficient (Wildman–Crippen LogP) is -0.522. The molecular weight excluding hydrogens is 226 g/mol. The lowest BCUT2D eigenvalue weighted by Gasteiger charge is -2.19. The van der Waals surface area contributed by atoms with Crippen LogP contribution in [0.25, 0.3) is 0 Å². The summed E-state index contributed by atoms with van der Waals surface area (Å²) < 4.78 is 0. The van der Waals surface area contributed by atoms with Crippen LogP contribution in [0.2, 0.25) is 0 Å². The fourth-order valence-electron chi connectivity index (χ4n) is 1.38. The highest BCUT2D eigenvalue weighted by Crippen LogP contribution is 2.04. The zero-order chi connectivity index (χ0) is 13.0. The van der Waals surface area contributed by atoms with Gasteiger partial charge in [-0.05, 0) is 5.92 Å². The van der Waals surface area contributed by atoms with E-state index in [1.165, 1.54) is 0 Å². The van der Waals surface area contributed by atoms with E-state index in [-0.39, 0.29) is 30.4 Å². The molecule has 0 aliphatic carbocycles. The molecule has 1 aliphatic rings. The number of nitrogens with zero attached hydrogens (tertiary/aromatic N) is 1. The Morgan fingerprint density at radius 1 is 1.41 bits per heavy atom. The Morgan fingerprint density at radius 2 is 2.06 bits per heavy atom. The van der Waals surface area contributed by atoms with Crippen molar-refractivity contribution >= 4 is 23.5 Å². The number of hydrazone groups is 1. The van der Waals surface area contributed by atoms with Crippen LogP contribution in [0, 0.1) is 5.92 Å². The summed E-state index contributed by atoms with van der Waals surface area (Å²) >= 11 is 0. The van der Waals surface area contributed by atoms with Crippen molar-refractivity contribution in [2.24, 2.45) is 11.0 Å². The molecule has 0 aromatic heterocycles. The van der Waals surface area contributed by atoms with E-state index in [0.29, 0.717) is 0 Å². The third-order valence-corrected chi connectivity index (χ3v) is 2.39. The molecular formula is C10H15N3O4. The first kappa shape index (κ1) is 13.1. The molecule has 0 unspecified atom stereocenters. The van der Waals surface area contributed by atoms with Gasteiger partial charge in [-0.2, -0.15) is 5.10 Å². The second-order valence-corrected chi connectivity index (χ2v) is 4.13. The topological polar surface area (TPSA) is 108 Å². The van der Waals surface area contributed by atoms with Crippen LogP contribution < -0.4 is 10.7 Å². The molecule has 0 fully saturated rings. The molecule has 0 saturated carbocycles. The van der Waals surface area contributed by atoms with Crippen LogP contribution in [-0.4, -0.2) is 34.6 Å². The molecule has 2 amide bonds. The summed E-state index contributed by atoms with van der Waals surface area (Å²) in [6.07, 6.45) is 0.410. The van der Waals surface area contributed by atoms with Gasteiger partial charge in [0.2, 0.25) is 5.91 Å². The first-order valence-corrected chi connectivity index (χ1v) is 5.31. The molecule has 1 aliphatic heterocycles. The lowest BCUT2D eigenvalue weighted by atomic mass is 10.0. The third kappa shape index (κ3) is 3.54. The molecule has 7 nitrogen and oxygen atoms in total. The quantitative estimate of drug-likeness (QED) is 0.615. The van der Waals surface area contributed by atoms with Gasteiger partial charge in [0, 0.05) is 12.8 Å². The van der Waals surface area contributed by atoms with E-state index in [1.807, 2.05) is 0 Å². The van der Waals surface area contributed by atoms with Crippen molar-refractivity contribution in [1.29, 1.82) is 0 Å². The summed E-state index contributed by atoms with van der Waals surface area (Å²) in [4.78, 5) is 33.4. The van der Waals surface area contributed by atoms with Gasteiger partial charge in [0.15, 0.2) is 0 Å². The lowest BCUT2D eigenvalue weighted by Crippen LogP contribution is -2.48. The molecule has 1 heterocycles. The van der Waals surface area contributed by atoms with Gasteiger partial charge in [0.05, 0.1) is 0 Å². The minimum absolute atomic E-state index is 0.150. The molecule has 7 heteroatoms. The number of carboxylic acids is 1. The Balaban J connectivity index is 2.65. The Bertz CT molecular complexity index is 376. The average molecular weight is 241 g/mol. The SMILES string of the molecule is CC(C)[C@@H](NC(=O)C1=NNC(=O)CC1)C(=O)O. The monoisotopic (exact) mass is 241 g/mol. The lowest BCUT2D eigenvalue weighted by molar-refractivity contribution is -0.142. The van der Waals surface area contributed by atoms with Crippen LogP contribution >= 0.6 is 0 Å². The van der Waals surface area contributed by atoms with Crippen molar-refractivity contribution in [2.45, 2.75) is 32.7 Å². The number of carbonyl (C=O) groups is 3. The number of nitrogens with one attached hydrogen (secondary N) is 2. The number of hydrogen-bond acceptors (Lipinski definition) is 4. The normalized spacial score (nSPS) is 17.1. The largest absolute Gasteiger partial charge is 0.480 e. The van der Waals surface area contributed by atoms with Crippen molar-refractivity contribution in [3.05, 3.63) is 0 Å². The first-order chi connectivity index (χ1) is 7.91. The zero-order valence-corrected chi connectivity index (χ0v) is 9.69. The number of carboxylic acid groups (broad SMARTS) is 1. The fourth-order valence-corrected chi connectivity index (χ4v) is 1.38. The van der Waals surface area contributed by atoms with Gasteiger partial charge >= 0.3 is 5.97 Å². The highest BCUT2D eigenvalue weighted by Gasteiger charge is 2.26. The van der Waals surface area contributed by atoms with Crippen molar-refractivity contribution in [3.63, 3.8) is 0 Å². The van der Waals surface area contributed by atoms with E-state index in [2.05, 4.69) is 15.8 Å². The average Bonchev–Trinajstić information content (AvgIpc) is 2.25. The Hall–Kier alpha value is -1.92. The Kier molecular flexibility index (Phi) is 4.19. The standard InChI is InChI=1S/C10H15N3O4/c1-5(2)8(10(16)17)11-9(15)6-3-4-7(14)13-12-6/h5,8H,3-4H2,1-2H3,(H,11,15)(H,13,14)(H,16,17)/t8-/m1/s1. The maximum Gasteiger partial charge on any atom is 0.326 e. The van der Waals surface area contributed by atoms with E-state index in [1.54, 1.807) is 13.8 Å². The van der Waals surface area contributed by atoms with Crippen molar-refractivity contribution in [1.82, 2.24) is 10.7 Å². The molecule has 1 atom stereocenters. The smallest absolute Gasteiger partial charge is 0.326 e. The van der Waals surface area contributed by atoms with Gasteiger partial charge in [-0.25, -0.2) is 10.2 Å². The molecule has 1 rings (SSSR count). The van der Waals surface area contributed by atoms with Crippen molar-refractivity contribution in [3.8, 4) is 0 Å². The van der Waals surface area contributed by atoms with Gasteiger partial charge in [-0.1, -0.05) is 13.8 Å². The van der Waals surface area contributed by atoms with Crippen LogP contribution in [-0.2, 0) is 14.4 Å². The molecule has 0 aromatic rings. The van der Waals surface area contributed by atoms with Crippen molar-refractivity contribution in [2.75, 3.05) is 0 Å². The summed E-state index contributed by atoms with van der Waals surface area (Å²) in [5.41, 5.74) is 2.34. The van der Waals surface area contributed by atoms with Crippen LogP contribution in [0.5, 0.6) is 0 Å². The van der Waals surface area contributed by atoms with Gasteiger partial charge in [-0.15, -0.1) is 0 Å². The van der Waals surface area contributed by atoms with Crippen LogP contribution in [0.3, 0.4) is 0 Å². The summed E-state index contributed by atoms with van der Waals surface area (Å²) in [6.45, 7) is 3.40. The highest BCUT2D eigenvalue weighted by molar-refractivity contribution is 6.39. The Morgan fingerprint density at radius 3 is 2.47 bits per heavy atom. The van der Waals surface area contributed by atoms with E-state index >= 15 is 0 Å². The van der Waals surface area contributed by atoms with Gasteiger partial charge < -0.3 is 10.4 Å². The van der Waals surface area contributed by atoms with Gasteiger partial charge in [-0.3, -0.25) is 9.59 Å². The van der Waals surface area contributed by atoms with E-state index < -0.39 is 17.9 Å². The number of hydrogen-bond donors (Lipinski definition) is 3. The van der Waals surface area contributed by atoms with Crippen molar-refractivity contribution < 1.29 is 19.5 Å². The molecule has 0 saturated heterocycles.